The molecule has 0 unspecified atom stereocenters. The van der Waals surface area contributed by atoms with Gasteiger partial charge in [0.05, 0.1) is 6.10 Å². The maximum absolute atomic E-state index is 12.1. The molecule has 1 aliphatic heterocycles. The van der Waals surface area contributed by atoms with Gasteiger partial charge in [-0.05, 0) is 61.3 Å². The SMILES string of the molecule is O=C(NC[C@@H](O)c1cccc(O)c1)Nc1cccc(CN2CCCCC2)c1. The van der Waals surface area contributed by atoms with E-state index in [9.17, 15) is 15.0 Å². The molecule has 2 aromatic rings. The Kier molecular flexibility index (Phi) is 6.68. The number of nitrogens with one attached hydrogen (secondary N) is 2. The van der Waals surface area contributed by atoms with Crippen molar-refractivity contribution in [3.05, 3.63) is 59.7 Å². The number of phenolic OH excluding ortho intramolecular Hbond substituents is 1. The highest BCUT2D eigenvalue weighted by Crippen LogP contribution is 2.18. The first-order chi connectivity index (χ1) is 13.1. The van der Waals surface area contributed by atoms with Gasteiger partial charge < -0.3 is 20.8 Å². The molecule has 6 heteroatoms. The molecule has 0 saturated carbocycles. The van der Waals surface area contributed by atoms with Gasteiger partial charge in [-0.1, -0.05) is 30.7 Å². The Labute approximate surface area is 159 Å². The second kappa shape index (κ2) is 9.39. The van der Waals surface area contributed by atoms with Gasteiger partial charge in [0, 0.05) is 18.8 Å². The van der Waals surface area contributed by atoms with Gasteiger partial charge in [0.15, 0.2) is 0 Å². The number of carbonyl (C=O) groups excluding carboxylic acids is 1. The van der Waals surface area contributed by atoms with Gasteiger partial charge in [-0.2, -0.15) is 0 Å². The Balaban J connectivity index is 1.49. The maximum Gasteiger partial charge on any atom is 0.319 e. The summed E-state index contributed by atoms with van der Waals surface area (Å²) in [5.41, 5.74) is 2.46. The van der Waals surface area contributed by atoms with Crippen LogP contribution in [0.2, 0.25) is 0 Å². The zero-order valence-corrected chi connectivity index (χ0v) is 15.4. The van der Waals surface area contributed by atoms with Gasteiger partial charge in [0.25, 0.3) is 0 Å². The smallest absolute Gasteiger partial charge is 0.319 e. The van der Waals surface area contributed by atoms with Crippen molar-refractivity contribution >= 4 is 11.7 Å². The van der Waals surface area contributed by atoms with Crippen LogP contribution in [0.3, 0.4) is 0 Å². The van der Waals surface area contributed by atoms with Crippen molar-refractivity contribution < 1.29 is 15.0 Å². The molecule has 0 aromatic heterocycles. The van der Waals surface area contributed by atoms with E-state index in [1.165, 1.54) is 37.0 Å². The minimum atomic E-state index is -0.881. The lowest BCUT2D eigenvalue weighted by Gasteiger charge is -2.26. The minimum absolute atomic E-state index is 0.0583. The largest absolute Gasteiger partial charge is 0.508 e. The number of hydrogen-bond acceptors (Lipinski definition) is 4. The molecule has 0 radical (unpaired) electrons. The number of benzene rings is 2. The monoisotopic (exact) mass is 369 g/mol. The van der Waals surface area contributed by atoms with E-state index in [4.69, 9.17) is 0 Å². The van der Waals surface area contributed by atoms with E-state index in [2.05, 4.69) is 21.6 Å². The summed E-state index contributed by atoms with van der Waals surface area (Å²) in [6.45, 7) is 3.21. The number of urea groups is 1. The van der Waals surface area contributed by atoms with Crippen LogP contribution in [-0.4, -0.2) is 40.8 Å². The van der Waals surface area contributed by atoms with Gasteiger partial charge in [-0.15, -0.1) is 0 Å². The average Bonchev–Trinajstić information content (AvgIpc) is 2.67. The Morgan fingerprint density at radius 1 is 1.07 bits per heavy atom. The van der Waals surface area contributed by atoms with Crippen LogP contribution in [-0.2, 0) is 6.54 Å². The van der Waals surface area contributed by atoms with Crippen LogP contribution in [0.25, 0.3) is 0 Å². The van der Waals surface area contributed by atoms with E-state index < -0.39 is 6.10 Å². The Bertz CT molecular complexity index is 760. The molecular weight excluding hydrogens is 342 g/mol. The van der Waals surface area contributed by atoms with Crippen molar-refractivity contribution in [2.75, 3.05) is 25.0 Å². The third kappa shape index (κ3) is 5.98. The van der Waals surface area contributed by atoms with Crippen molar-refractivity contribution in [2.24, 2.45) is 0 Å². The third-order valence-corrected chi connectivity index (χ3v) is 4.75. The first-order valence-corrected chi connectivity index (χ1v) is 9.43. The highest BCUT2D eigenvalue weighted by molar-refractivity contribution is 5.89. The molecule has 27 heavy (non-hydrogen) atoms. The topological polar surface area (TPSA) is 84.8 Å². The van der Waals surface area contributed by atoms with E-state index in [1.807, 2.05) is 18.2 Å². The van der Waals surface area contributed by atoms with Crippen molar-refractivity contribution in [3.8, 4) is 5.75 Å². The van der Waals surface area contributed by atoms with E-state index in [-0.39, 0.29) is 18.3 Å². The summed E-state index contributed by atoms with van der Waals surface area (Å²) < 4.78 is 0. The predicted octanol–water partition coefficient (Wildman–Crippen LogP) is 3.23. The van der Waals surface area contributed by atoms with Gasteiger partial charge in [0.1, 0.15) is 5.75 Å². The molecule has 1 heterocycles. The average molecular weight is 369 g/mol. The standard InChI is InChI=1S/C21H27N3O3/c25-19-9-5-7-17(13-19)20(26)14-22-21(27)23-18-8-4-6-16(12-18)15-24-10-2-1-3-11-24/h4-9,12-13,20,25-26H,1-3,10-11,14-15H2,(H2,22,23,27)/t20-/m1/s1. The molecule has 0 bridgehead atoms. The summed E-state index contributed by atoms with van der Waals surface area (Å²) >= 11 is 0. The molecule has 144 valence electrons. The summed E-state index contributed by atoms with van der Waals surface area (Å²) in [7, 11) is 0. The molecule has 6 nitrogen and oxygen atoms in total. The number of carbonyl (C=O) groups is 1. The second-order valence-corrected chi connectivity index (χ2v) is 6.98. The molecule has 1 saturated heterocycles. The van der Waals surface area contributed by atoms with Crippen LogP contribution in [0.4, 0.5) is 10.5 Å². The number of nitrogens with zero attached hydrogens (tertiary/aromatic N) is 1. The van der Waals surface area contributed by atoms with Crippen molar-refractivity contribution in [3.63, 3.8) is 0 Å². The normalized spacial score (nSPS) is 15.9. The fourth-order valence-electron chi connectivity index (χ4n) is 3.34. The number of hydrogen-bond donors (Lipinski definition) is 4. The molecule has 0 aliphatic carbocycles. The summed E-state index contributed by atoms with van der Waals surface area (Å²) in [6.07, 6.45) is 2.93. The van der Waals surface area contributed by atoms with Crippen LogP contribution in [0.15, 0.2) is 48.5 Å². The van der Waals surface area contributed by atoms with E-state index >= 15 is 0 Å². The predicted molar refractivity (Wildman–Crippen MR) is 106 cm³/mol. The fourth-order valence-corrected chi connectivity index (χ4v) is 3.34. The first-order valence-electron chi connectivity index (χ1n) is 9.43. The summed E-state index contributed by atoms with van der Waals surface area (Å²) in [6, 6.07) is 13.9. The summed E-state index contributed by atoms with van der Waals surface area (Å²) in [5, 5.41) is 25.1. The van der Waals surface area contributed by atoms with Crippen LogP contribution in [0, 0.1) is 0 Å². The lowest BCUT2D eigenvalue weighted by atomic mass is 10.1. The number of aliphatic hydroxyl groups excluding tert-OH is 1. The quantitative estimate of drug-likeness (QED) is 0.630. The summed E-state index contributed by atoms with van der Waals surface area (Å²) in [4.78, 5) is 14.6. The molecule has 2 amide bonds. The van der Waals surface area contributed by atoms with Gasteiger partial charge in [-0.3, -0.25) is 4.90 Å². The van der Waals surface area contributed by atoms with Crippen LogP contribution < -0.4 is 10.6 Å². The van der Waals surface area contributed by atoms with Crippen molar-refractivity contribution in [1.29, 1.82) is 0 Å². The van der Waals surface area contributed by atoms with E-state index in [0.29, 0.717) is 5.56 Å². The molecule has 2 aromatic carbocycles. The zero-order valence-electron chi connectivity index (χ0n) is 15.4. The number of aliphatic hydroxyl groups is 1. The highest BCUT2D eigenvalue weighted by Gasteiger charge is 2.12. The summed E-state index contributed by atoms with van der Waals surface area (Å²) in [5.74, 6) is 0.0847. The number of phenols is 1. The number of likely N-dealkylation sites (tertiary alicyclic amines) is 1. The van der Waals surface area contributed by atoms with E-state index in [0.717, 1.165) is 25.3 Å². The van der Waals surface area contributed by atoms with Gasteiger partial charge in [0.2, 0.25) is 0 Å². The van der Waals surface area contributed by atoms with Crippen LogP contribution >= 0.6 is 0 Å². The Hall–Kier alpha value is -2.57. The Morgan fingerprint density at radius 2 is 1.85 bits per heavy atom. The van der Waals surface area contributed by atoms with Crippen molar-refractivity contribution in [1.82, 2.24) is 10.2 Å². The second-order valence-electron chi connectivity index (χ2n) is 6.98. The van der Waals surface area contributed by atoms with Crippen LogP contribution in [0.5, 0.6) is 5.75 Å². The van der Waals surface area contributed by atoms with Crippen LogP contribution in [0.1, 0.15) is 36.5 Å². The van der Waals surface area contributed by atoms with Gasteiger partial charge in [-0.25, -0.2) is 4.79 Å². The first kappa shape index (κ1) is 19.2. The highest BCUT2D eigenvalue weighted by atomic mass is 16.3. The molecule has 3 rings (SSSR count). The minimum Gasteiger partial charge on any atom is -0.508 e. The Morgan fingerprint density at radius 3 is 2.63 bits per heavy atom. The van der Waals surface area contributed by atoms with E-state index in [1.54, 1.807) is 12.1 Å². The van der Waals surface area contributed by atoms with Crippen molar-refractivity contribution in [2.45, 2.75) is 31.9 Å². The lowest BCUT2D eigenvalue weighted by molar-refractivity contribution is 0.175. The lowest BCUT2D eigenvalue weighted by Crippen LogP contribution is -2.32. The molecule has 1 aliphatic rings. The number of rotatable bonds is 6. The molecular formula is C21H27N3O3. The van der Waals surface area contributed by atoms with Gasteiger partial charge >= 0.3 is 6.03 Å². The number of anilines is 1. The third-order valence-electron chi connectivity index (χ3n) is 4.75. The molecule has 1 fully saturated rings. The maximum atomic E-state index is 12.1. The number of aromatic hydroxyl groups is 1. The molecule has 0 spiro atoms. The molecule has 1 atom stereocenters. The zero-order chi connectivity index (χ0) is 19.1. The fraction of sp³-hybridized carbons (Fsp3) is 0.381. The number of piperidine rings is 1. The molecule has 4 N–H and O–H groups in total. The number of amides is 2.